The Bertz CT molecular complexity index is 744. The SMILES string of the molecule is Cc1cc2ccccc2n1Cc1cc(Cl)ccc1N. The van der Waals surface area contributed by atoms with Crippen LogP contribution in [0.5, 0.6) is 0 Å². The van der Waals surface area contributed by atoms with Crippen LogP contribution < -0.4 is 5.73 Å². The number of benzene rings is 2. The number of nitrogens with two attached hydrogens (primary N) is 1. The molecule has 0 unspecified atom stereocenters. The van der Waals surface area contributed by atoms with Crippen molar-refractivity contribution in [1.29, 1.82) is 0 Å². The fourth-order valence-electron chi connectivity index (χ4n) is 2.44. The summed E-state index contributed by atoms with van der Waals surface area (Å²) in [7, 11) is 0. The number of anilines is 1. The molecule has 3 heteroatoms. The number of nitrogens with zero attached hydrogens (tertiary/aromatic N) is 1. The van der Waals surface area contributed by atoms with Crippen molar-refractivity contribution in [3.63, 3.8) is 0 Å². The Hall–Kier alpha value is -1.93. The number of aryl methyl sites for hydroxylation is 1. The Balaban J connectivity index is 2.10. The molecule has 0 saturated heterocycles. The van der Waals surface area contributed by atoms with Gasteiger partial charge in [-0.15, -0.1) is 0 Å². The molecule has 3 aromatic rings. The van der Waals surface area contributed by atoms with E-state index >= 15 is 0 Å². The fraction of sp³-hybridized carbons (Fsp3) is 0.125. The summed E-state index contributed by atoms with van der Waals surface area (Å²) in [6, 6.07) is 16.2. The van der Waals surface area contributed by atoms with Crippen LogP contribution in [0, 0.1) is 6.92 Å². The molecule has 0 bridgehead atoms. The van der Waals surface area contributed by atoms with Gasteiger partial charge in [-0.05, 0) is 48.2 Å². The average Bonchev–Trinajstić information content (AvgIpc) is 2.71. The van der Waals surface area contributed by atoms with E-state index in [4.69, 9.17) is 17.3 Å². The van der Waals surface area contributed by atoms with Gasteiger partial charge in [0.25, 0.3) is 0 Å². The summed E-state index contributed by atoms with van der Waals surface area (Å²) >= 11 is 6.05. The molecule has 0 atom stereocenters. The molecule has 3 rings (SSSR count). The van der Waals surface area contributed by atoms with Crippen molar-refractivity contribution in [2.45, 2.75) is 13.5 Å². The largest absolute Gasteiger partial charge is 0.398 e. The number of hydrogen-bond donors (Lipinski definition) is 1. The Morgan fingerprint density at radius 3 is 2.74 bits per heavy atom. The van der Waals surface area contributed by atoms with E-state index in [-0.39, 0.29) is 0 Å². The minimum atomic E-state index is 0.721. The smallest absolute Gasteiger partial charge is 0.0499 e. The lowest BCUT2D eigenvalue weighted by Gasteiger charge is -2.11. The van der Waals surface area contributed by atoms with Crippen molar-refractivity contribution in [3.05, 3.63) is 64.8 Å². The number of aromatic nitrogens is 1. The molecule has 2 aromatic carbocycles. The normalized spacial score (nSPS) is 11.1. The van der Waals surface area contributed by atoms with Gasteiger partial charge in [0.05, 0.1) is 0 Å². The highest BCUT2D eigenvalue weighted by Gasteiger charge is 2.07. The molecule has 0 aliphatic carbocycles. The molecule has 0 aliphatic rings. The van der Waals surface area contributed by atoms with E-state index < -0.39 is 0 Å². The number of para-hydroxylation sites is 1. The Morgan fingerprint density at radius 2 is 1.89 bits per heavy atom. The van der Waals surface area contributed by atoms with Gasteiger partial charge in [0.1, 0.15) is 0 Å². The van der Waals surface area contributed by atoms with E-state index in [1.165, 1.54) is 16.6 Å². The zero-order valence-corrected chi connectivity index (χ0v) is 11.5. The van der Waals surface area contributed by atoms with E-state index in [0.29, 0.717) is 0 Å². The zero-order chi connectivity index (χ0) is 13.4. The summed E-state index contributed by atoms with van der Waals surface area (Å²) in [5.74, 6) is 0. The minimum Gasteiger partial charge on any atom is -0.398 e. The van der Waals surface area contributed by atoms with Crippen LogP contribution in [0.2, 0.25) is 5.02 Å². The van der Waals surface area contributed by atoms with E-state index in [0.717, 1.165) is 22.8 Å². The van der Waals surface area contributed by atoms with Crippen LogP contribution in [0.15, 0.2) is 48.5 Å². The van der Waals surface area contributed by atoms with E-state index in [9.17, 15) is 0 Å². The third-order valence-electron chi connectivity index (χ3n) is 3.45. The third kappa shape index (κ3) is 2.20. The Morgan fingerprint density at radius 1 is 1.11 bits per heavy atom. The van der Waals surface area contributed by atoms with Crippen LogP contribution >= 0.6 is 11.6 Å². The number of rotatable bonds is 2. The van der Waals surface area contributed by atoms with E-state index in [1.807, 2.05) is 18.2 Å². The van der Waals surface area contributed by atoms with Crippen molar-refractivity contribution < 1.29 is 0 Å². The molecule has 0 spiro atoms. The van der Waals surface area contributed by atoms with Gasteiger partial charge in [-0.25, -0.2) is 0 Å². The molecular formula is C16H15ClN2. The van der Waals surface area contributed by atoms with Gasteiger partial charge < -0.3 is 10.3 Å². The zero-order valence-electron chi connectivity index (χ0n) is 10.7. The van der Waals surface area contributed by atoms with Gasteiger partial charge in [0, 0.05) is 28.5 Å². The molecule has 1 aromatic heterocycles. The van der Waals surface area contributed by atoms with Crippen molar-refractivity contribution in [2.24, 2.45) is 0 Å². The monoisotopic (exact) mass is 270 g/mol. The minimum absolute atomic E-state index is 0.721. The second-order valence-corrected chi connectivity index (χ2v) is 5.21. The van der Waals surface area contributed by atoms with Gasteiger partial charge in [-0.1, -0.05) is 29.8 Å². The first-order chi connectivity index (χ1) is 9.15. The van der Waals surface area contributed by atoms with Crippen molar-refractivity contribution in [2.75, 3.05) is 5.73 Å². The topological polar surface area (TPSA) is 30.9 Å². The maximum Gasteiger partial charge on any atom is 0.0499 e. The predicted molar refractivity (Wildman–Crippen MR) is 81.6 cm³/mol. The van der Waals surface area contributed by atoms with Gasteiger partial charge in [-0.2, -0.15) is 0 Å². The summed E-state index contributed by atoms with van der Waals surface area (Å²) in [6.45, 7) is 2.85. The lowest BCUT2D eigenvalue weighted by atomic mass is 10.2. The molecule has 0 saturated carbocycles. The van der Waals surface area contributed by atoms with Crippen LogP contribution in [0.3, 0.4) is 0 Å². The van der Waals surface area contributed by atoms with Gasteiger partial charge in [-0.3, -0.25) is 0 Å². The van der Waals surface area contributed by atoms with Gasteiger partial charge in [0.15, 0.2) is 0 Å². The van der Waals surface area contributed by atoms with E-state index in [1.54, 1.807) is 0 Å². The lowest BCUT2D eigenvalue weighted by molar-refractivity contribution is 0.807. The van der Waals surface area contributed by atoms with Crippen molar-refractivity contribution in [3.8, 4) is 0 Å². The first kappa shape index (κ1) is 12.1. The summed E-state index contributed by atoms with van der Waals surface area (Å²) in [4.78, 5) is 0. The van der Waals surface area contributed by atoms with E-state index in [2.05, 4.69) is 41.8 Å². The summed E-state index contributed by atoms with van der Waals surface area (Å²) < 4.78 is 2.26. The second-order valence-electron chi connectivity index (χ2n) is 4.77. The maximum atomic E-state index is 6.05. The lowest BCUT2D eigenvalue weighted by Crippen LogP contribution is -2.04. The molecule has 0 aliphatic heterocycles. The van der Waals surface area contributed by atoms with Crippen molar-refractivity contribution >= 4 is 28.2 Å². The van der Waals surface area contributed by atoms with Gasteiger partial charge in [0.2, 0.25) is 0 Å². The number of hydrogen-bond acceptors (Lipinski definition) is 1. The fourth-order valence-corrected chi connectivity index (χ4v) is 2.63. The Kier molecular flexibility index (Phi) is 2.96. The molecule has 19 heavy (non-hydrogen) atoms. The highest BCUT2D eigenvalue weighted by atomic mass is 35.5. The second kappa shape index (κ2) is 4.63. The van der Waals surface area contributed by atoms with Crippen LogP contribution in [-0.2, 0) is 6.54 Å². The van der Waals surface area contributed by atoms with Crippen LogP contribution in [-0.4, -0.2) is 4.57 Å². The van der Waals surface area contributed by atoms with Crippen LogP contribution in [0.25, 0.3) is 10.9 Å². The molecule has 0 fully saturated rings. The maximum absolute atomic E-state index is 6.05. The predicted octanol–water partition coefficient (Wildman–Crippen LogP) is 4.23. The molecule has 0 radical (unpaired) electrons. The summed E-state index contributed by atoms with van der Waals surface area (Å²) in [5, 5.41) is 1.97. The third-order valence-corrected chi connectivity index (χ3v) is 3.69. The first-order valence-electron chi connectivity index (χ1n) is 6.24. The summed E-state index contributed by atoms with van der Waals surface area (Å²) in [6.07, 6.45) is 0. The quantitative estimate of drug-likeness (QED) is 0.694. The number of halogens is 1. The highest BCUT2D eigenvalue weighted by molar-refractivity contribution is 6.30. The summed E-state index contributed by atoms with van der Waals surface area (Å²) in [5.41, 5.74) is 10.3. The molecule has 2 nitrogen and oxygen atoms in total. The molecular weight excluding hydrogens is 256 g/mol. The molecule has 1 heterocycles. The molecule has 96 valence electrons. The Labute approximate surface area is 117 Å². The average molecular weight is 271 g/mol. The molecule has 0 amide bonds. The van der Waals surface area contributed by atoms with Crippen LogP contribution in [0.1, 0.15) is 11.3 Å². The number of nitrogen functional groups attached to an aromatic ring is 1. The van der Waals surface area contributed by atoms with Crippen LogP contribution in [0.4, 0.5) is 5.69 Å². The molecule has 2 N–H and O–H groups in total. The highest BCUT2D eigenvalue weighted by Crippen LogP contribution is 2.24. The van der Waals surface area contributed by atoms with Crippen molar-refractivity contribution in [1.82, 2.24) is 4.57 Å². The standard InChI is InChI=1S/C16H15ClN2/c1-11-8-12-4-2-3-5-16(12)19(11)10-13-9-14(17)6-7-15(13)18/h2-9H,10,18H2,1H3. The number of fused-ring (bicyclic) bond motifs is 1. The van der Waals surface area contributed by atoms with Gasteiger partial charge >= 0.3 is 0 Å². The first-order valence-corrected chi connectivity index (χ1v) is 6.62.